The molecule has 2 unspecified atom stereocenters. The van der Waals surface area contributed by atoms with Crippen LogP contribution in [0, 0.1) is 11.8 Å². The summed E-state index contributed by atoms with van der Waals surface area (Å²) in [5.74, 6) is 2.07. The lowest BCUT2D eigenvalue weighted by molar-refractivity contribution is 0.303. The summed E-state index contributed by atoms with van der Waals surface area (Å²) in [6.45, 7) is 6.59. The Balaban J connectivity index is 1.57. The van der Waals surface area contributed by atoms with E-state index in [-0.39, 0.29) is 0 Å². The number of nitrogens with zero attached hydrogens (tertiary/aromatic N) is 1. The Hall–Kier alpha value is -1.18. The minimum Gasteiger partial charge on any atom is -0.382 e. The van der Waals surface area contributed by atoms with Gasteiger partial charge in [0.05, 0.1) is 0 Å². The maximum Gasteiger partial charge on any atom is 0.0367 e. The van der Waals surface area contributed by atoms with Gasteiger partial charge in [-0.05, 0) is 75.6 Å². The van der Waals surface area contributed by atoms with Gasteiger partial charge in [0.25, 0.3) is 0 Å². The zero-order valence-electron chi connectivity index (χ0n) is 13.6. The molecule has 0 aliphatic heterocycles. The fraction of sp³-hybridized carbons (Fsp3) is 0.684. The highest BCUT2D eigenvalue weighted by Crippen LogP contribution is 2.44. The van der Waals surface area contributed by atoms with Gasteiger partial charge in [-0.1, -0.05) is 12.8 Å². The van der Waals surface area contributed by atoms with Gasteiger partial charge in [-0.15, -0.1) is 0 Å². The van der Waals surface area contributed by atoms with E-state index < -0.39 is 0 Å². The van der Waals surface area contributed by atoms with E-state index in [9.17, 15) is 0 Å². The maximum atomic E-state index is 3.78. The first kappa shape index (κ1) is 14.7. The molecule has 116 valence electrons. The molecule has 2 fully saturated rings. The van der Waals surface area contributed by atoms with Crippen LogP contribution in [0.1, 0.15) is 52.4 Å². The molecule has 1 N–H and O–H groups in total. The Morgan fingerprint density at radius 1 is 0.952 bits per heavy atom. The van der Waals surface area contributed by atoms with Crippen molar-refractivity contribution in [1.82, 2.24) is 0 Å². The molecule has 0 bridgehead atoms. The third kappa shape index (κ3) is 3.72. The quantitative estimate of drug-likeness (QED) is 0.799. The van der Waals surface area contributed by atoms with E-state index >= 15 is 0 Å². The van der Waals surface area contributed by atoms with Crippen molar-refractivity contribution >= 4 is 11.4 Å². The van der Waals surface area contributed by atoms with E-state index in [4.69, 9.17) is 0 Å². The van der Waals surface area contributed by atoms with Gasteiger partial charge < -0.3 is 10.2 Å². The average Bonchev–Trinajstić information content (AvgIpc) is 3.35. The topological polar surface area (TPSA) is 15.3 Å². The van der Waals surface area contributed by atoms with Crippen molar-refractivity contribution in [2.45, 2.75) is 58.4 Å². The van der Waals surface area contributed by atoms with Crippen LogP contribution in [-0.2, 0) is 0 Å². The summed E-state index contributed by atoms with van der Waals surface area (Å²) in [5, 5.41) is 3.78. The van der Waals surface area contributed by atoms with E-state index in [0.717, 1.165) is 24.9 Å². The van der Waals surface area contributed by atoms with Gasteiger partial charge in [0.1, 0.15) is 0 Å². The second-order valence-corrected chi connectivity index (χ2v) is 6.82. The SMILES string of the molecule is CCN(CC)c1ccc(NC2CCCC(C3CC3)C2)cc1. The number of benzene rings is 1. The van der Waals surface area contributed by atoms with Crippen molar-refractivity contribution < 1.29 is 0 Å². The molecule has 21 heavy (non-hydrogen) atoms. The summed E-state index contributed by atoms with van der Waals surface area (Å²) >= 11 is 0. The molecule has 3 rings (SSSR count). The molecule has 2 heteroatoms. The summed E-state index contributed by atoms with van der Waals surface area (Å²) < 4.78 is 0. The van der Waals surface area contributed by atoms with Crippen LogP contribution in [0.5, 0.6) is 0 Å². The molecule has 0 spiro atoms. The first-order valence-electron chi connectivity index (χ1n) is 8.91. The van der Waals surface area contributed by atoms with E-state index in [1.807, 2.05) is 0 Å². The highest BCUT2D eigenvalue weighted by Gasteiger charge is 2.34. The van der Waals surface area contributed by atoms with Gasteiger partial charge in [-0.2, -0.15) is 0 Å². The Morgan fingerprint density at radius 2 is 1.67 bits per heavy atom. The lowest BCUT2D eigenvalue weighted by atomic mass is 9.82. The molecule has 0 amide bonds. The molecule has 2 aliphatic rings. The third-order valence-electron chi connectivity index (χ3n) is 5.37. The Kier molecular flexibility index (Phi) is 4.72. The van der Waals surface area contributed by atoms with Crippen LogP contribution in [0.25, 0.3) is 0 Å². The van der Waals surface area contributed by atoms with Crippen molar-refractivity contribution in [3.05, 3.63) is 24.3 Å². The number of hydrogen-bond donors (Lipinski definition) is 1. The highest BCUT2D eigenvalue weighted by molar-refractivity contribution is 5.55. The predicted molar refractivity (Wildman–Crippen MR) is 92.1 cm³/mol. The molecular weight excluding hydrogens is 256 g/mol. The van der Waals surface area contributed by atoms with Crippen molar-refractivity contribution in [1.29, 1.82) is 0 Å². The predicted octanol–water partition coefficient (Wildman–Crippen LogP) is 4.91. The minimum atomic E-state index is 0.698. The van der Waals surface area contributed by atoms with E-state index in [1.54, 1.807) is 0 Å². The molecule has 0 radical (unpaired) electrons. The molecular formula is C19H30N2. The van der Waals surface area contributed by atoms with Gasteiger partial charge >= 0.3 is 0 Å². The zero-order valence-corrected chi connectivity index (χ0v) is 13.6. The summed E-state index contributed by atoms with van der Waals surface area (Å²) in [7, 11) is 0. The Bertz CT molecular complexity index is 431. The van der Waals surface area contributed by atoms with Crippen LogP contribution in [0.2, 0.25) is 0 Å². The summed E-state index contributed by atoms with van der Waals surface area (Å²) in [6.07, 6.45) is 8.62. The monoisotopic (exact) mass is 286 g/mol. The van der Waals surface area contributed by atoms with Crippen molar-refractivity contribution in [3.8, 4) is 0 Å². The average molecular weight is 286 g/mol. The molecule has 1 aromatic rings. The number of nitrogens with one attached hydrogen (secondary N) is 1. The van der Waals surface area contributed by atoms with E-state index in [2.05, 4.69) is 48.3 Å². The van der Waals surface area contributed by atoms with Crippen molar-refractivity contribution in [3.63, 3.8) is 0 Å². The summed E-state index contributed by atoms with van der Waals surface area (Å²) in [4.78, 5) is 2.40. The fourth-order valence-electron chi connectivity index (χ4n) is 3.95. The summed E-state index contributed by atoms with van der Waals surface area (Å²) in [5.41, 5.74) is 2.64. The van der Waals surface area contributed by atoms with Gasteiger partial charge in [0, 0.05) is 30.5 Å². The molecule has 0 saturated heterocycles. The fourth-order valence-corrected chi connectivity index (χ4v) is 3.95. The largest absolute Gasteiger partial charge is 0.382 e. The molecule has 2 nitrogen and oxygen atoms in total. The van der Waals surface area contributed by atoms with E-state index in [0.29, 0.717) is 6.04 Å². The Morgan fingerprint density at radius 3 is 2.29 bits per heavy atom. The van der Waals surface area contributed by atoms with Crippen LogP contribution >= 0.6 is 0 Å². The van der Waals surface area contributed by atoms with Gasteiger partial charge in [0.15, 0.2) is 0 Å². The summed E-state index contributed by atoms with van der Waals surface area (Å²) in [6, 6.07) is 9.74. The first-order valence-corrected chi connectivity index (χ1v) is 8.91. The highest BCUT2D eigenvalue weighted by atomic mass is 15.1. The van der Waals surface area contributed by atoms with E-state index in [1.165, 1.54) is 49.9 Å². The lowest BCUT2D eigenvalue weighted by Crippen LogP contribution is -2.28. The molecule has 0 heterocycles. The molecule has 0 aromatic heterocycles. The van der Waals surface area contributed by atoms with Crippen LogP contribution in [0.4, 0.5) is 11.4 Å². The number of rotatable bonds is 6. The smallest absolute Gasteiger partial charge is 0.0367 e. The van der Waals surface area contributed by atoms with Crippen LogP contribution in [-0.4, -0.2) is 19.1 Å². The van der Waals surface area contributed by atoms with Crippen molar-refractivity contribution in [2.24, 2.45) is 11.8 Å². The van der Waals surface area contributed by atoms with Crippen LogP contribution in [0.15, 0.2) is 24.3 Å². The maximum absolute atomic E-state index is 3.78. The number of hydrogen-bond acceptors (Lipinski definition) is 2. The minimum absolute atomic E-state index is 0.698. The third-order valence-corrected chi connectivity index (χ3v) is 5.37. The standard InChI is InChI=1S/C19H30N2/c1-3-21(4-2)19-12-10-17(11-13-19)20-18-7-5-6-16(14-18)15-8-9-15/h10-13,15-16,18,20H,3-9,14H2,1-2H3. The zero-order chi connectivity index (χ0) is 14.7. The molecule has 2 saturated carbocycles. The Labute approximate surface area is 129 Å². The normalized spacial score (nSPS) is 25.6. The molecule has 1 aromatic carbocycles. The molecule has 2 atom stereocenters. The molecule has 2 aliphatic carbocycles. The van der Waals surface area contributed by atoms with Gasteiger partial charge in [-0.25, -0.2) is 0 Å². The first-order chi connectivity index (χ1) is 10.3. The van der Waals surface area contributed by atoms with Crippen LogP contribution < -0.4 is 10.2 Å². The van der Waals surface area contributed by atoms with Gasteiger partial charge in [-0.3, -0.25) is 0 Å². The second kappa shape index (κ2) is 6.72. The number of anilines is 2. The van der Waals surface area contributed by atoms with Gasteiger partial charge in [0.2, 0.25) is 0 Å². The second-order valence-electron chi connectivity index (χ2n) is 6.82. The van der Waals surface area contributed by atoms with Crippen molar-refractivity contribution in [2.75, 3.05) is 23.3 Å². The lowest BCUT2D eigenvalue weighted by Gasteiger charge is -2.30. The van der Waals surface area contributed by atoms with Crippen LogP contribution in [0.3, 0.4) is 0 Å².